The molecular formula is C57H104N2O14+2. The Morgan fingerprint density at radius 3 is 1.10 bits per heavy atom. The number of allylic oxidation sites excluding steroid dienone is 2. The number of aliphatic hydroxyl groups excluding tert-OH is 2. The predicted molar refractivity (Wildman–Crippen MR) is 285 cm³/mol. The van der Waals surface area contributed by atoms with Gasteiger partial charge < -0.3 is 47.6 Å². The molecule has 0 aliphatic rings. The molecule has 0 bridgehead atoms. The van der Waals surface area contributed by atoms with Gasteiger partial charge in [0.25, 0.3) is 0 Å². The lowest BCUT2D eigenvalue weighted by Crippen LogP contribution is -2.38. The number of rotatable bonds is 48. The monoisotopic (exact) mass is 1040 g/mol. The summed E-state index contributed by atoms with van der Waals surface area (Å²) in [6, 6.07) is 0. The molecular weight excluding hydrogens is 937 g/mol. The van der Waals surface area contributed by atoms with E-state index in [2.05, 4.69) is 13.8 Å². The minimum absolute atomic E-state index is 0.101. The van der Waals surface area contributed by atoms with Crippen molar-refractivity contribution in [2.24, 2.45) is 0 Å². The van der Waals surface area contributed by atoms with Gasteiger partial charge in [-0.2, -0.15) is 0 Å². The van der Waals surface area contributed by atoms with Gasteiger partial charge in [0.15, 0.2) is 0 Å². The number of aliphatic hydroxyl groups is 2. The summed E-state index contributed by atoms with van der Waals surface area (Å²) in [5.74, 6) is -2.23. The molecule has 16 heteroatoms. The number of ether oxygens (including phenoxy) is 6. The highest BCUT2D eigenvalue weighted by Gasteiger charge is 2.24. The van der Waals surface area contributed by atoms with Crippen molar-refractivity contribution in [3.63, 3.8) is 0 Å². The number of carbonyl (C=O) groups excluding carboxylic acids is 6. The van der Waals surface area contributed by atoms with Crippen LogP contribution < -0.4 is 0 Å². The standard InChI is InChI=1S/C57H104N2O14/c1-9-11-25-35-50(72-56(66)41-31-39-52(62)68-45-43-58(3,4)5)48(60)33-27-21-17-13-15-19-23-29-37-54(64)70-47-71-55(65)38-30-24-20-16-14-18-22-28-34-49(61)51(36-26-12-10-2)73-57(67)42-32-40-53(63)69-46-44-59(6,7)8/h21-22,27-28,48-51,60-61H,9-20,23-26,29-47H2,1-8H3/q+2/b27-21-,28-22-. The van der Waals surface area contributed by atoms with Crippen LogP contribution in [0.15, 0.2) is 24.3 Å². The zero-order chi connectivity index (χ0) is 54.6. The van der Waals surface area contributed by atoms with Crippen molar-refractivity contribution in [1.82, 2.24) is 0 Å². The molecule has 0 saturated carbocycles. The normalized spacial score (nSPS) is 13.6. The van der Waals surface area contributed by atoms with E-state index in [0.717, 1.165) is 103 Å². The molecule has 0 saturated heterocycles. The maximum Gasteiger partial charge on any atom is 0.308 e. The second-order valence-corrected chi connectivity index (χ2v) is 21.5. The van der Waals surface area contributed by atoms with Gasteiger partial charge >= 0.3 is 35.8 Å². The molecule has 0 aromatic carbocycles. The number of hydrogen-bond donors (Lipinski definition) is 2. The molecule has 2 N–H and O–H groups in total. The van der Waals surface area contributed by atoms with Gasteiger partial charge in [0.05, 0.1) is 54.5 Å². The minimum Gasteiger partial charge on any atom is -0.460 e. The maximum atomic E-state index is 12.6. The zero-order valence-corrected chi connectivity index (χ0v) is 47.1. The number of esters is 6. The summed E-state index contributed by atoms with van der Waals surface area (Å²) in [6.07, 6.45) is 25.5. The molecule has 424 valence electrons. The first-order valence-electron chi connectivity index (χ1n) is 28.0. The minimum atomic E-state index is -0.798. The Morgan fingerprint density at radius 1 is 0.397 bits per heavy atom. The molecule has 4 atom stereocenters. The molecule has 0 aliphatic carbocycles. The zero-order valence-electron chi connectivity index (χ0n) is 47.1. The fourth-order valence-electron chi connectivity index (χ4n) is 7.51. The van der Waals surface area contributed by atoms with Gasteiger partial charge in [-0.05, 0) is 89.9 Å². The number of quaternary nitrogens is 2. The second kappa shape index (κ2) is 44.4. The Labute approximate surface area is 441 Å². The highest BCUT2D eigenvalue weighted by atomic mass is 16.7. The van der Waals surface area contributed by atoms with Crippen molar-refractivity contribution < 1.29 is 76.4 Å². The highest BCUT2D eigenvalue weighted by Crippen LogP contribution is 2.18. The number of carbonyl (C=O) groups is 6. The average Bonchev–Trinajstić information content (AvgIpc) is 3.31. The summed E-state index contributed by atoms with van der Waals surface area (Å²) in [4.78, 5) is 73.4. The van der Waals surface area contributed by atoms with Crippen LogP contribution in [0.5, 0.6) is 0 Å². The molecule has 0 aromatic heterocycles. The Morgan fingerprint density at radius 2 is 0.726 bits per heavy atom. The SMILES string of the molecule is CCCCCC(OC(=O)CCCC(=O)OCC[N+](C)(C)C)C(O)C/C=C\CCCCCCCC(=O)OCOC(=O)CCCCCCC/C=C\CC(O)C(CCCCC)OC(=O)CCCC(=O)OCC[N+](C)(C)C. The van der Waals surface area contributed by atoms with Crippen molar-refractivity contribution in [3.05, 3.63) is 24.3 Å². The van der Waals surface area contributed by atoms with Crippen LogP contribution in [0.4, 0.5) is 0 Å². The molecule has 0 spiro atoms. The molecule has 73 heavy (non-hydrogen) atoms. The number of likely N-dealkylation sites (N-methyl/N-ethyl adjacent to an activating group) is 2. The Kier molecular flexibility index (Phi) is 42.1. The van der Waals surface area contributed by atoms with E-state index in [1.807, 2.05) is 66.6 Å². The van der Waals surface area contributed by atoms with Crippen LogP contribution in [0.1, 0.15) is 206 Å². The number of nitrogens with zero attached hydrogens (tertiary/aromatic N) is 2. The Hall–Kier alpha value is -3.86. The van der Waals surface area contributed by atoms with Crippen LogP contribution in [0.3, 0.4) is 0 Å². The van der Waals surface area contributed by atoms with E-state index in [-0.39, 0.29) is 69.2 Å². The van der Waals surface area contributed by atoms with E-state index in [4.69, 9.17) is 28.4 Å². The van der Waals surface area contributed by atoms with Crippen LogP contribution in [0.25, 0.3) is 0 Å². The third-order valence-corrected chi connectivity index (χ3v) is 12.2. The first-order valence-corrected chi connectivity index (χ1v) is 28.0. The van der Waals surface area contributed by atoms with Gasteiger partial charge in [-0.15, -0.1) is 0 Å². The Balaban J connectivity index is 4.11. The lowest BCUT2D eigenvalue weighted by atomic mass is 10.0. The third-order valence-electron chi connectivity index (χ3n) is 12.2. The molecule has 0 amide bonds. The molecule has 4 unspecified atom stereocenters. The van der Waals surface area contributed by atoms with Crippen molar-refractivity contribution in [3.8, 4) is 0 Å². The maximum absolute atomic E-state index is 12.6. The van der Waals surface area contributed by atoms with Crippen molar-refractivity contribution in [1.29, 1.82) is 0 Å². The number of unbranched alkanes of at least 4 members (excludes halogenated alkanes) is 14. The van der Waals surface area contributed by atoms with E-state index in [1.54, 1.807) is 0 Å². The Bertz CT molecular complexity index is 1410. The van der Waals surface area contributed by atoms with Gasteiger partial charge in [-0.25, -0.2) is 0 Å². The van der Waals surface area contributed by atoms with E-state index < -0.39 is 36.4 Å². The molecule has 0 fully saturated rings. The summed E-state index contributed by atoms with van der Waals surface area (Å²) in [5.41, 5.74) is 0. The molecule has 0 aliphatic heterocycles. The molecule has 0 radical (unpaired) electrons. The summed E-state index contributed by atoms with van der Waals surface area (Å²) >= 11 is 0. The van der Waals surface area contributed by atoms with Gasteiger partial charge in [-0.3, -0.25) is 28.8 Å². The van der Waals surface area contributed by atoms with Crippen LogP contribution in [0, 0.1) is 0 Å². The summed E-state index contributed by atoms with van der Waals surface area (Å²) < 4.78 is 33.4. The van der Waals surface area contributed by atoms with Crippen molar-refractivity contribution >= 4 is 35.8 Å². The average molecular weight is 1040 g/mol. The van der Waals surface area contributed by atoms with Crippen LogP contribution >= 0.6 is 0 Å². The van der Waals surface area contributed by atoms with Gasteiger partial charge in [-0.1, -0.05) is 102 Å². The van der Waals surface area contributed by atoms with Crippen molar-refractivity contribution in [2.45, 2.75) is 231 Å². The lowest BCUT2D eigenvalue weighted by Gasteiger charge is -2.23. The third kappa shape index (κ3) is 46.4. The number of hydrogen-bond acceptors (Lipinski definition) is 14. The molecule has 0 rings (SSSR count). The fourth-order valence-corrected chi connectivity index (χ4v) is 7.51. The molecule has 0 aromatic rings. The summed E-state index contributed by atoms with van der Waals surface area (Å²) in [7, 11) is 12.1. The lowest BCUT2D eigenvalue weighted by molar-refractivity contribution is -0.870. The van der Waals surface area contributed by atoms with E-state index in [0.29, 0.717) is 86.6 Å². The molecule has 16 nitrogen and oxygen atoms in total. The van der Waals surface area contributed by atoms with E-state index in [1.165, 1.54) is 0 Å². The predicted octanol–water partition coefficient (Wildman–Crippen LogP) is 9.93. The highest BCUT2D eigenvalue weighted by molar-refractivity contribution is 5.73. The first-order chi connectivity index (χ1) is 34.8. The quantitative estimate of drug-likeness (QED) is 0.0146. The fraction of sp³-hybridized carbons (Fsp3) is 0.825. The van der Waals surface area contributed by atoms with Crippen LogP contribution in [0.2, 0.25) is 0 Å². The van der Waals surface area contributed by atoms with Crippen LogP contribution in [-0.4, -0.2) is 155 Å². The second-order valence-electron chi connectivity index (χ2n) is 21.5. The topological polar surface area (TPSA) is 198 Å². The molecule has 0 heterocycles. The van der Waals surface area contributed by atoms with E-state index in [9.17, 15) is 39.0 Å². The smallest absolute Gasteiger partial charge is 0.308 e. The van der Waals surface area contributed by atoms with Gasteiger partial charge in [0.1, 0.15) is 38.5 Å². The van der Waals surface area contributed by atoms with E-state index >= 15 is 0 Å². The van der Waals surface area contributed by atoms with Gasteiger partial charge in [0.2, 0.25) is 6.79 Å². The first kappa shape index (κ1) is 69.1. The summed E-state index contributed by atoms with van der Waals surface area (Å²) in [6.45, 7) is 5.93. The van der Waals surface area contributed by atoms with Crippen molar-refractivity contribution in [2.75, 3.05) is 75.4 Å². The van der Waals surface area contributed by atoms with Crippen LogP contribution in [-0.2, 0) is 57.2 Å². The van der Waals surface area contributed by atoms with Gasteiger partial charge in [0, 0.05) is 38.5 Å². The largest absolute Gasteiger partial charge is 0.460 e. The summed E-state index contributed by atoms with van der Waals surface area (Å²) in [5, 5.41) is 21.7.